The van der Waals surface area contributed by atoms with Crippen molar-refractivity contribution in [3.8, 4) is 5.75 Å². The fourth-order valence-corrected chi connectivity index (χ4v) is 3.07. The molecular weight excluding hydrogens is 379 g/mol. The van der Waals surface area contributed by atoms with Crippen LogP contribution in [0.25, 0.3) is 10.9 Å². The van der Waals surface area contributed by atoms with Crippen molar-refractivity contribution in [2.75, 3.05) is 0 Å². The van der Waals surface area contributed by atoms with E-state index in [9.17, 15) is 0 Å². The molecule has 1 N–H and O–H groups in total. The molecule has 0 spiro atoms. The number of benzene rings is 1. The van der Waals surface area contributed by atoms with E-state index in [-0.39, 0.29) is 6.10 Å². The van der Waals surface area contributed by atoms with E-state index >= 15 is 0 Å². The second kappa shape index (κ2) is 5.59. The van der Waals surface area contributed by atoms with Gasteiger partial charge in [-0.15, -0.1) is 0 Å². The summed E-state index contributed by atoms with van der Waals surface area (Å²) in [6, 6.07) is 5.91. The van der Waals surface area contributed by atoms with Crippen LogP contribution in [0.1, 0.15) is 29.8 Å². The molecule has 3 aromatic rings. The van der Waals surface area contributed by atoms with Gasteiger partial charge in [0.15, 0.2) is 0 Å². The molecule has 6 heteroatoms. The number of H-pyrrole nitrogens is 1. The molecule has 0 unspecified atom stereocenters. The van der Waals surface area contributed by atoms with Crippen molar-refractivity contribution in [1.29, 1.82) is 0 Å². The topological polar surface area (TPSA) is 63.7 Å². The molecule has 0 saturated carbocycles. The first-order valence-electron chi connectivity index (χ1n) is 6.65. The Labute approximate surface area is 136 Å². The Hall–Kier alpha value is -1.70. The monoisotopic (exact) mass is 394 g/mol. The van der Waals surface area contributed by atoms with Crippen LogP contribution >= 0.6 is 22.6 Å². The minimum absolute atomic E-state index is 0.0810. The van der Waals surface area contributed by atoms with Crippen LogP contribution in [-0.4, -0.2) is 20.4 Å². The Kier molecular flexibility index (Phi) is 3.79. The van der Waals surface area contributed by atoms with E-state index in [1.807, 2.05) is 39.0 Å². The smallest absolute Gasteiger partial charge is 0.123 e. The minimum atomic E-state index is -0.0810. The van der Waals surface area contributed by atoms with Crippen LogP contribution in [0, 0.1) is 17.5 Å². The van der Waals surface area contributed by atoms with E-state index in [1.165, 1.54) is 0 Å². The van der Waals surface area contributed by atoms with Crippen LogP contribution in [0.3, 0.4) is 0 Å². The third-order valence-corrected chi connectivity index (χ3v) is 4.29. The highest BCUT2D eigenvalue weighted by Crippen LogP contribution is 2.28. The molecule has 2 heterocycles. The molecule has 0 radical (unpaired) electrons. The van der Waals surface area contributed by atoms with Crippen LogP contribution in [0.4, 0.5) is 0 Å². The maximum Gasteiger partial charge on any atom is 0.123 e. The first kappa shape index (κ1) is 14.2. The summed E-state index contributed by atoms with van der Waals surface area (Å²) in [6.45, 7) is 6.01. The van der Waals surface area contributed by atoms with E-state index in [1.54, 1.807) is 6.20 Å². The Morgan fingerprint density at radius 3 is 2.86 bits per heavy atom. The highest BCUT2D eigenvalue weighted by molar-refractivity contribution is 14.1. The predicted molar refractivity (Wildman–Crippen MR) is 89.4 cm³/mol. The quantitative estimate of drug-likeness (QED) is 0.688. The average Bonchev–Trinajstić information content (AvgIpc) is 2.80. The Bertz CT molecular complexity index is 779. The summed E-state index contributed by atoms with van der Waals surface area (Å²) in [5.74, 6) is 0.824. The molecule has 5 nitrogen and oxygen atoms in total. The number of nitrogens with zero attached hydrogens (tertiary/aromatic N) is 3. The zero-order valence-electron chi connectivity index (χ0n) is 12.0. The molecule has 0 aliphatic heterocycles. The maximum atomic E-state index is 6.08. The molecular formula is C15H15IN4O. The highest BCUT2D eigenvalue weighted by Gasteiger charge is 2.15. The lowest BCUT2D eigenvalue weighted by atomic mass is 10.1. The van der Waals surface area contributed by atoms with Gasteiger partial charge in [0.2, 0.25) is 0 Å². The number of aromatic amines is 1. The fourth-order valence-electron chi connectivity index (χ4n) is 2.52. The molecule has 0 aliphatic rings. The van der Waals surface area contributed by atoms with Crippen molar-refractivity contribution in [3.05, 3.63) is 44.9 Å². The maximum absolute atomic E-state index is 6.08. The minimum Gasteiger partial charge on any atom is -0.486 e. The summed E-state index contributed by atoms with van der Waals surface area (Å²) in [4.78, 5) is 0. The van der Waals surface area contributed by atoms with Crippen LogP contribution < -0.4 is 4.74 Å². The Morgan fingerprint density at radius 1 is 1.29 bits per heavy atom. The first-order valence-corrected chi connectivity index (χ1v) is 7.73. The summed E-state index contributed by atoms with van der Waals surface area (Å²) >= 11 is 2.23. The second-order valence-electron chi connectivity index (χ2n) is 5.00. The largest absolute Gasteiger partial charge is 0.486 e. The molecule has 1 aromatic carbocycles. The predicted octanol–water partition coefficient (Wildman–Crippen LogP) is 3.71. The number of hydrogen-bond donors (Lipinski definition) is 1. The van der Waals surface area contributed by atoms with Crippen molar-refractivity contribution in [1.82, 2.24) is 20.4 Å². The number of rotatable bonds is 3. The van der Waals surface area contributed by atoms with Crippen molar-refractivity contribution in [2.45, 2.75) is 26.9 Å². The van der Waals surface area contributed by atoms with E-state index in [4.69, 9.17) is 4.74 Å². The SMILES string of the molecule is Cc1cnnc(C)c1[C@@H](C)Oc1ccc2n[nH]c(I)c2c1. The Morgan fingerprint density at radius 2 is 2.10 bits per heavy atom. The normalized spacial score (nSPS) is 12.6. The van der Waals surface area contributed by atoms with E-state index < -0.39 is 0 Å². The summed E-state index contributed by atoms with van der Waals surface area (Å²) in [6.07, 6.45) is 1.69. The molecule has 1 atom stereocenters. The van der Waals surface area contributed by atoms with Gasteiger partial charge in [0.25, 0.3) is 0 Å². The molecule has 108 valence electrons. The molecule has 0 amide bonds. The van der Waals surface area contributed by atoms with Crippen molar-refractivity contribution in [3.63, 3.8) is 0 Å². The number of nitrogens with one attached hydrogen (secondary N) is 1. The summed E-state index contributed by atoms with van der Waals surface area (Å²) in [5, 5.41) is 16.3. The third kappa shape index (κ3) is 2.72. The van der Waals surface area contributed by atoms with E-state index in [0.29, 0.717) is 0 Å². The van der Waals surface area contributed by atoms with E-state index in [0.717, 1.165) is 37.2 Å². The fraction of sp³-hybridized carbons (Fsp3) is 0.267. The lowest BCUT2D eigenvalue weighted by Crippen LogP contribution is -2.09. The van der Waals surface area contributed by atoms with E-state index in [2.05, 4.69) is 43.0 Å². The van der Waals surface area contributed by atoms with Gasteiger partial charge in [-0.1, -0.05) is 0 Å². The molecule has 2 aromatic heterocycles. The van der Waals surface area contributed by atoms with Gasteiger partial charge in [-0.05, 0) is 67.1 Å². The van der Waals surface area contributed by atoms with Gasteiger partial charge in [0, 0.05) is 10.9 Å². The van der Waals surface area contributed by atoms with Gasteiger partial charge >= 0.3 is 0 Å². The highest BCUT2D eigenvalue weighted by atomic mass is 127. The zero-order valence-corrected chi connectivity index (χ0v) is 14.2. The van der Waals surface area contributed by atoms with Crippen LogP contribution in [0.2, 0.25) is 0 Å². The summed E-state index contributed by atoms with van der Waals surface area (Å²) in [5.41, 5.74) is 4.03. The lowest BCUT2D eigenvalue weighted by Gasteiger charge is -2.18. The molecule has 0 fully saturated rings. The van der Waals surface area contributed by atoms with Crippen LogP contribution in [0.15, 0.2) is 24.4 Å². The van der Waals surface area contributed by atoms with Crippen LogP contribution in [0.5, 0.6) is 5.75 Å². The van der Waals surface area contributed by atoms with Gasteiger partial charge in [-0.25, -0.2) is 0 Å². The van der Waals surface area contributed by atoms with Gasteiger partial charge in [-0.3, -0.25) is 5.10 Å². The second-order valence-corrected chi connectivity index (χ2v) is 6.08. The van der Waals surface area contributed by atoms with Gasteiger partial charge in [0.05, 0.1) is 17.4 Å². The zero-order chi connectivity index (χ0) is 15.0. The Balaban J connectivity index is 1.92. The molecule has 0 bridgehead atoms. The third-order valence-electron chi connectivity index (χ3n) is 3.47. The van der Waals surface area contributed by atoms with Gasteiger partial charge in [-0.2, -0.15) is 15.3 Å². The first-order chi connectivity index (χ1) is 10.1. The van der Waals surface area contributed by atoms with Crippen molar-refractivity contribution >= 4 is 33.5 Å². The summed E-state index contributed by atoms with van der Waals surface area (Å²) < 4.78 is 7.09. The number of aromatic nitrogens is 4. The van der Waals surface area contributed by atoms with Crippen molar-refractivity contribution in [2.24, 2.45) is 0 Å². The number of hydrogen-bond acceptors (Lipinski definition) is 4. The number of fused-ring (bicyclic) bond motifs is 1. The molecule has 3 rings (SSSR count). The number of aryl methyl sites for hydroxylation is 2. The van der Waals surface area contributed by atoms with Gasteiger partial charge in [0.1, 0.15) is 15.6 Å². The number of halogens is 1. The molecule has 0 saturated heterocycles. The average molecular weight is 394 g/mol. The van der Waals surface area contributed by atoms with Crippen molar-refractivity contribution < 1.29 is 4.74 Å². The molecule has 0 aliphatic carbocycles. The van der Waals surface area contributed by atoms with Crippen LogP contribution in [-0.2, 0) is 0 Å². The summed E-state index contributed by atoms with van der Waals surface area (Å²) in [7, 11) is 0. The lowest BCUT2D eigenvalue weighted by molar-refractivity contribution is 0.225. The number of ether oxygens (including phenoxy) is 1. The molecule has 21 heavy (non-hydrogen) atoms. The van der Waals surface area contributed by atoms with Gasteiger partial charge < -0.3 is 4.74 Å². The standard InChI is InChI=1S/C15H15IN4O/c1-8-7-17-18-9(2)14(8)10(3)21-11-4-5-13-12(6-11)15(16)20-19-13/h4-7,10H,1-3H3,(H,19,20)/t10-/m1/s1.